The van der Waals surface area contributed by atoms with Gasteiger partial charge >= 0.3 is 6.03 Å². The number of hydrogen-bond acceptors (Lipinski definition) is 2. The van der Waals surface area contributed by atoms with Crippen LogP contribution in [-0.2, 0) is 4.79 Å². The van der Waals surface area contributed by atoms with Crippen molar-refractivity contribution in [3.63, 3.8) is 0 Å². The van der Waals surface area contributed by atoms with Gasteiger partial charge in [0.2, 0.25) is 5.91 Å². The number of carbonyl (C=O) groups excluding carboxylic acids is 2. The lowest BCUT2D eigenvalue weighted by molar-refractivity contribution is -0.122. The quantitative estimate of drug-likeness (QED) is 0.676. The van der Waals surface area contributed by atoms with Gasteiger partial charge in [-0.3, -0.25) is 4.79 Å². The third-order valence-corrected chi connectivity index (χ3v) is 5.26. The maximum absolute atomic E-state index is 12.3. The lowest BCUT2D eigenvalue weighted by Crippen LogP contribution is -2.51. The number of hydrogen-bond donors (Lipinski definition) is 3. The molecule has 0 bridgehead atoms. The van der Waals surface area contributed by atoms with E-state index >= 15 is 0 Å². The van der Waals surface area contributed by atoms with Crippen molar-refractivity contribution in [2.75, 3.05) is 0 Å². The van der Waals surface area contributed by atoms with Gasteiger partial charge in [0, 0.05) is 12.1 Å². The summed E-state index contributed by atoms with van der Waals surface area (Å²) in [4.78, 5) is 23.9. The number of carbonyl (C=O) groups is 2. The van der Waals surface area contributed by atoms with E-state index in [9.17, 15) is 9.59 Å². The molecule has 5 heteroatoms. The summed E-state index contributed by atoms with van der Waals surface area (Å²) in [6, 6.07) is 0.156. The summed E-state index contributed by atoms with van der Waals surface area (Å²) in [6.45, 7) is 0. The van der Waals surface area contributed by atoms with E-state index < -0.39 is 0 Å². The first kappa shape index (κ1) is 14.7. The van der Waals surface area contributed by atoms with Gasteiger partial charge in [-0.15, -0.1) is 0 Å². The fourth-order valence-electron chi connectivity index (χ4n) is 3.71. The Labute approximate surface area is 126 Å². The molecule has 2 unspecified atom stereocenters. The average molecular weight is 293 g/mol. The van der Waals surface area contributed by atoms with Crippen molar-refractivity contribution in [2.24, 2.45) is 23.5 Å². The highest BCUT2D eigenvalue weighted by molar-refractivity contribution is 5.80. The highest BCUT2D eigenvalue weighted by Crippen LogP contribution is 2.44. The van der Waals surface area contributed by atoms with E-state index in [0.29, 0.717) is 17.9 Å². The predicted octanol–water partition coefficient (Wildman–Crippen LogP) is 1.91. The third-order valence-electron chi connectivity index (χ3n) is 5.26. The summed E-state index contributed by atoms with van der Waals surface area (Å²) in [6.07, 6.45) is 9.85. The molecular weight excluding hydrogens is 266 g/mol. The lowest BCUT2D eigenvalue weighted by atomic mass is 9.94. The van der Waals surface area contributed by atoms with Gasteiger partial charge in [-0.25, -0.2) is 4.79 Å². The molecule has 2 atom stereocenters. The molecule has 3 rings (SSSR count). The average Bonchev–Trinajstić information content (AvgIpc) is 3.31. The Hall–Kier alpha value is -1.26. The van der Waals surface area contributed by atoms with E-state index in [-0.39, 0.29) is 23.9 Å². The first-order chi connectivity index (χ1) is 10.1. The summed E-state index contributed by atoms with van der Waals surface area (Å²) in [7, 11) is 0. The zero-order valence-electron chi connectivity index (χ0n) is 12.6. The topological polar surface area (TPSA) is 84.2 Å². The Morgan fingerprint density at radius 3 is 2.10 bits per heavy atom. The molecule has 0 radical (unpaired) electrons. The first-order valence-corrected chi connectivity index (χ1v) is 8.51. The first-order valence-electron chi connectivity index (χ1n) is 8.51. The Balaban J connectivity index is 1.55. The second kappa shape index (κ2) is 6.24. The molecule has 5 nitrogen and oxygen atoms in total. The van der Waals surface area contributed by atoms with Gasteiger partial charge in [0.1, 0.15) is 0 Å². The van der Waals surface area contributed by atoms with Crippen molar-refractivity contribution in [1.29, 1.82) is 0 Å². The van der Waals surface area contributed by atoms with Crippen LogP contribution in [0.1, 0.15) is 57.8 Å². The molecule has 3 aliphatic rings. The SMILES string of the molecule is NC(=O)C1CCCCCC1NC(=O)NC(C1CC1)C1CC1. The minimum atomic E-state index is -0.275. The molecule has 0 heterocycles. The third kappa shape index (κ3) is 3.89. The minimum absolute atomic E-state index is 0.0935. The second-order valence-electron chi connectivity index (χ2n) is 7.07. The number of amides is 3. The molecule has 3 aliphatic carbocycles. The zero-order chi connectivity index (χ0) is 14.8. The molecule has 21 heavy (non-hydrogen) atoms. The van der Waals surface area contributed by atoms with E-state index in [4.69, 9.17) is 5.73 Å². The molecule has 4 N–H and O–H groups in total. The molecule has 0 aliphatic heterocycles. The molecule has 0 aromatic rings. The normalized spacial score (nSPS) is 29.8. The van der Waals surface area contributed by atoms with Gasteiger partial charge in [-0.2, -0.15) is 0 Å². The van der Waals surface area contributed by atoms with Crippen molar-refractivity contribution in [2.45, 2.75) is 69.9 Å². The van der Waals surface area contributed by atoms with Crippen LogP contribution in [0.4, 0.5) is 4.79 Å². The van der Waals surface area contributed by atoms with E-state index in [2.05, 4.69) is 10.6 Å². The van der Waals surface area contributed by atoms with Crippen LogP contribution in [0.15, 0.2) is 0 Å². The Kier molecular flexibility index (Phi) is 4.36. The molecule has 0 spiro atoms. The van der Waals surface area contributed by atoms with Gasteiger partial charge < -0.3 is 16.4 Å². The summed E-state index contributed by atoms with van der Waals surface area (Å²) >= 11 is 0. The van der Waals surface area contributed by atoms with Crippen LogP contribution in [0.5, 0.6) is 0 Å². The minimum Gasteiger partial charge on any atom is -0.369 e. The van der Waals surface area contributed by atoms with Crippen LogP contribution in [0.2, 0.25) is 0 Å². The van der Waals surface area contributed by atoms with Crippen LogP contribution >= 0.6 is 0 Å². The van der Waals surface area contributed by atoms with Crippen molar-refractivity contribution < 1.29 is 9.59 Å². The highest BCUT2D eigenvalue weighted by Gasteiger charge is 2.42. The summed E-state index contributed by atoms with van der Waals surface area (Å²) in [5.41, 5.74) is 5.51. The lowest BCUT2D eigenvalue weighted by Gasteiger charge is -2.26. The van der Waals surface area contributed by atoms with Crippen LogP contribution in [0, 0.1) is 17.8 Å². The largest absolute Gasteiger partial charge is 0.369 e. The number of rotatable bonds is 5. The Morgan fingerprint density at radius 1 is 0.905 bits per heavy atom. The molecular formula is C16H27N3O2. The fraction of sp³-hybridized carbons (Fsp3) is 0.875. The number of primary amides is 1. The standard InChI is InChI=1S/C16H27N3O2/c17-15(20)12-4-2-1-3-5-13(12)18-16(21)19-14(10-6-7-10)11-8-9-11/h10-14H,1-9H2,(H2,17,20)(H2,18,19,21). The predicted molar refractivity (Wildman–Crippen MR) is 80.5 cm³/mol. The highest BCUT2D eigenvalue weighted by atomic mass is 16.2. The van der Waals surface area contributed by atoms with Crippen molar-refractivity contribution in [3.05, 3.63) is 0 Å². The van der Waals surface area contributed by atoms with Crippen LogP contribution in [0.3, 0.4) is 0 Å². The van der Waals surface area contributed by atoms with E-state index in [0.717, 1.165) is 32.1 Å². The van der Waals surface area contributed by atoms with Crippen molar-refractivity contribution in [3.8, 4) is 0 Å². The van der Waals surface area contributed by atoms with E-state index in [1.54, 1.807) is 0 Å². The number of nitrogens with two attached hydrogens (primary N) is 1. The van der Waals surface area contributed by atoms with Crippen LogP contribution < -0.4 is 16.4 Å². The number of urea groups is 1. The molecule has 3 amide bonds. The van der Waals surface area contributed by atoms with Crippen LogP contribution in [-0.4, -0.2) is 24.0 Å². The van der Waals surface area contributed by atoms with E-state index in [1.807, 2.05) is 0 Å². The molecule has 0 aromatic carbocycles. The van der Waals surface area contributed by atoms with Gasteiger partial charge in [-0.1, -0.05) is 19.3 Å². The maximum Gasteiger partial charge on any atom is 0.315 e. The molecule has 0 aromatic heterocycles. The summed E-state index contributed by atoms with van der Waals surface area (Å²) < 4.78 is 0. The summed E-state index contributed by atoms with van der Waals surface area (Å²) in [5.74, 6) is 0.885. The van der Waals surface area contributed by atoms with Crippen molar-refractivity contribution >= 4 is 11.9 Å². The zero-order valence-corrected chi connectivity index (χ0v) is 12.6. The second-order valence-corrected chi connectivity index (χ2v) is 7.07. The summed E-state index contributed by atoms with van der Waals surface area (Å²) in [5, 5.41) is 6.20. The fourth-order valence-corrected chi connectivity index (χ4v) is 3.71. The molecule has 118 valence electrons. The monoisotopic (exact) mass is 293 g/mol. The smallest absolute Gasteiger partial charge is 0.315 e. The molecule has 0 saturated heterocycles. The van der Waals surface area contributed by atoms with E-state index in [1.165, 1.54) is 25.7 Å². The van der Waals surface area contributed by atoms with Crippen LogP contribution in [0.25, 0.3) is 0 Å². The maximum atomic E-state index is 12.3. The van der Waals surface area contributed by atoms with Gasteiger partial charge in [0.15, 0.2) is 0 Å². The van der Waals surface area contributed by atoms with Gasteiger partial charge in [-0.05, 0) is 50.4 Å². The van der Waals surface area contributed by atoms with Gasteiger partial charge in [0.25, 0.3) is 0 Å². The molecule has 3 fully saturated rings. The Morgan fingerprint density at radius 2 is 1.52 bits per heavy atom. The van der Waals surface area contributed by atoms with Crippen molar-refractivity contribution in [1.82, 2.24) is 10.6 Å². The number of nitrogens with one attached hydrogen (secondary N) is 2. The van der Waals surface area contributed by atoms with Gasteiger partial charge in [0.05, 0.1) is 5.92 Å². The Bertz CT molecular complexity index is 392. The molecule has 3 saturated carbocycles.